The molecule has 0 radical (unpaired) electrons. The molecule has 106 valence electrons. The lowest BCUT2D eigenvalue weighted by Gasteiger charge is -2.11. The van der Waals surface area contributed by atoms with Crippen LogP contribution in [0.15, 0.2) is 24.3 Å². The fraction of sp³-hybridized carbons (Fsp3) is 0.647. The molecule has 1 aliphatic carbocycles. The molecule has 2 nitrogen and oxygen atoms in total. The van der Waals surface area contributed by atoms with Gasteiger partial charge in [-0.15, -0.1) is 0 Å². The fourth-order valence-corrected chi connectivity index (χ4v) is 2.18. The Bertz CT molecular complexity index is 371. The first-order valence-electron chi connectivity index (χ1n) is 7.61. The van der Waals surface area contributed by atoms with Gasteiger partial charge in [-0.1, -0.05) is 38.1 Å². The molecule has 1 fully saturated rings. The molecular formula is C17H27NO. The second-order valence-corrected chi connectivity index (χ2v) is 6.08. The third-order valence-electron chi connectivity index (χ3n) is 3.55. The zero-order valence-corrected chi connectivity index (χ0v) is 12.3. The van der Waals surface area contributed by atoms with Crippen molar-refractivity contribution in [2.45, 2.75) is 39.7 Å². The standard InChI is InChI=1S/C17H27NO/c1-14(2)11-18-10-9-16-5-3-4-6-17(16)13-19-12-15-7-8-15/h3-6,14-15,18H,7-13H2,1-2H3. The van der Waals surface area contributed by atoms with E-state index < -0.39 is 0 Å². The molecule has 0 atom stereocenters. The summed E-state index contributed by atoms with van der Waals surface area (Å²) in [6.45, 7) is 8.36. The predicted molar refractivity (Wildman–Crippen MR) is 80.2 cm³/mol. The highest BCUT2D eigenvalue weighted by atomic mass is 16.5. The largest absolute Gasteiger partial charge is 0.376 e. The van der Waals surface area contributed by atoms with Crippen LogP contribution in [0.1, 0.15) is 37.8 Å². The van der Waals surface area contributed by atoms with Crippen molar-refractivity contribution in [2.75, 3.05) is 19.7 Å². The van der Waals surface area contributed by atoms with Crippen LogP contribution in [0.25, 0.3) is 0 Å². The fourth-order valence-electron chi connectivity index (χ4n) is 2.18. The van der Waals surface area contributed by atoms with E-state index in [0.29, 0.717) is 0 Å². The zero-order valence-electron chi connectivity index (χ0n) is 12.3. The van der Waals surface area contributed by atoms with E-state index >= 15 is 0 Å². The summed E-state index contributed by atoms with van der Waals surface area (Å²) in [5.74, 6) is 1.57. The van der Waals surface area contributed by atoms with Crippen LogP contribution in [0, 0.1) is 11.8 Å². The smallest absolute Gasteiger partial charge is 0.0719 e. The summed E-state index contributed by atoms with van der Waals surface area (Å²) in [5.41, 5.74) is 2.78. The highest BCUT2D eigenvalue weighted by Gasteiger charge is 2.21. The molecule has 1 aromatic rings. The van der Waals surface area contributed by atoms with Crippen molar-refractivity contribution in [3.8, 4) is 0 Å². The van der Waals surface area contributed by atoms with E-state index in [4.69, 9.17) is 4.74 Å². The van der Waals surface area contributed by atoms with E-state index in [9.17, 15) is 0 Å². The Hall–Kier alpha value is -0.860. The van der Waals surface area contributed by atoms with Gasteiger partial charge in [-0.25, -0.2) is 0 Å². The van der Waals surface area contributed by atoms with Gasteiger partial charge >= 0.3 is 0 Å². The van der Waals surface area contributed by atoms with Crippen molar-refractivity contribution in [3.05, 3.63) is 35.4 Å². The molecule has 2 heteroatoms. The quantitative estimate of drug-likeness (QED) is 0.688. The third kappa shape index (κ3) is 5.75. The first-order chi connectivity index (χ1) is 9.25. The number of nitrogens with one attached hydrogen (secondary N) is 1. The first-order valence-corrected chi connectivity index (χ1v) is 7.61. The molecule has 0 spiro atoms. The Morgan fingerprint density at radius 1 is 1.21 bits per heavy atom. The van der Waals surface area contributed by atoms with E-state index in [0.717, 1.165) is 44.6 Å². The minimum Gasteiger partial charge on any atom is -0.376 e. The molecule has 0 bridgehead atoms. The molecule has 1 N–H and O–H groups in total. The van der Waals surface area contributed by atoms with Crippen LogP contribution in [0.4, 0.5) is 0 Å². The number of hydrogen-bond donors (Lipinski definition) is 1. The Kier molecular flexibility index (Phi) is 5.87. The maximum absolute atomic E-state index is 5.81. The second kappa shape index (κ2) is 7.66. The number of rotatable bonds is 9. The summed E-state index contributed by atoms with van der Waals surface area (Å²) in [6, 6.07) is 8.67. The van der Waals surface area contributed by atoms with Crippen LogP contribution < -0.4 is 5.32 Å². The van der Waals surface area contributed by atoms with Crippen LogP contribution in [0.2, 0.25) is 0 Å². The van der Waals surface area contributed by atoms with Crippen molar-refractivity contribution in [1.29, 1.82) is 0 Å². The van der Waals surface area contributed by atoms with Crippen LogP contribution in [0.5, 0.6) is 0 Å². The topological polar surface area (TPSA) is 21.3 Å². The summed E-state index contributed by atoms with van der Waals surface area (Å²) >= 11 is 0. The van der Waals surface area contributed by atoms with Crippen molar-refractivity contribution < 1.29 is 4.74 Å². The van der Waals surface area contributed by atoms with Gasteiger partial charge in [0, 0.05) is 6.61 Å². The van der Waals surface area contributed by atoms with E-state index in [1.807, 2.05) is 0 Å². The minimum absolute atomic E-state index is 0.720. The maximum atomic E-state index is 5.81. The van der Waals surface area contributed by atoms with E-state index in [1.165, 1.54) is 24.0 Å². The Morgan fingerprint density at radius 2 is 1.95 bits per heavy atom. The number of benzene rings is 1. The molecule has 0 aromatic heterocycles. The molecule has 1 aromatic carbocycles. The number of ether oxygens (including phenoxy) is 1. The molecule has 2 rings (SSSR count). The molecule has 1 saturated carbocycles. The van der Waals surface area contributed by atoms with Gasteiger partial charge in [0.05, 0.1) is 6.61 Å². The lowest BCUT2D eigenvalue weighted by atomic mass is 10.1. The minimum atomic E-state index is 0.720. The van der Waals surface area contributed by atoms with Gasteiger partial charge in [0.1, 0.15) is 0 Å². The predicted octanol–water partition coefficient (Wildman–Crippen LogP) is 3.40. The third-order valence-corrected chi connectivity index (χ3v) is 3.55. The molecule has 0 unspecified atom stereocenters. The van der Waals surface area contributed by atoms with Crippen LogP contribution in [-0.4, -0.2) is 19.7 Å². The highest BCUT2D eigenvalue weighted by molar-refractivity contribution is 5.26. The zero-order chi connectivity index (χ0) is 13.5. The Morgan fingerprint density at radius 3 is 2.63 bits per heavy atom. The summed E-state index contributed by atoms with van der Waals surface area (Å²) in [6.07, 6.45) is 3.82. The van der Waals surface area contributed by atoms with Crippen molar-refractivity contribution in [3.63, 3.8) is 0 Å². The average molecular weight is 261 g/mol. The van der Waals surface area contributed by atoms with Gasteiger partial charge in [0.15, 0.2) is 0 Å². The van der Waals surface area contributed by atoms with E-state index in [1.54, 1.807) is 0 Å². The molecule has 0 heterocycles. The van der Waals surface area contributed by atoms with Gasteiger partial charge in [0.2, 0.25) is 0 Å². The second-order valence-electron chi connectivity index (χ2n) is 6.08. The van der Waals surface area contributed by atoms with Crippen molar-refractivity contribution >= 4 is 0 Å². The first kappa shape index (κ1) is 14.5. The highest BCUT2D eigenvalue weighted by Crippen LogP contribution is 2.29. The summed E-state index contributed by atoms with van der Waals surface area (Å²) in [4.78, 5) is 0. The molecular weight excluding hydrogens is 234 g/mol. The SMILES string of the molecule is CC(C)CNCCc1ccccc1COCC1CC1. The lowest BCUT2D eigenvalue weighted by Crippen LogP contribution is -2.22. The molecule has 19 heavy (non-hydrogen) atoms. The molecule has 0 aliphatic heterocycles. The summed E-state index contributed by atoms with van der Waals surface area (Å²) in [7, 11) is 0. The van der Waals surface area contributed by atoms with Gasteiger partial charge in [-0.3, -0.25) is 0 Å². The number of hydrogen-bond acceptors (Lipinski definition) is 2. The molecule has 1 aliphatic rings. The van der Waals surface area contributed by atoms with Crippen LogP contribution in [-0.2, 0) is 17.8 Å². The van der Waals surface area contributed by atoms with E-state index in [-0.39, 0.29) is 0 Å². The lowest BCUT2D eigenvalue weighted by molar-refractivity contribution is 0.111. The van der Waals surface area contributed by atoms with Crippen LogP contribution in [0.3, 0.4) is 0 Å². The van der Waals surface area contributed by atoms with Gasteiger partial charge < -0.3 is 10.1 Å². The van der Waals surface area contributed by atoms with Gasteiger partial charge in [-0.05, 0) is 55.3 Å². The van der Waals surface area contributed by atoms with Crippen molar-refractivity contribution in [1.82, 2.24) is 5.32 Å². The average Bonchev–Trinajstić information content (AvgIpc) is 3.20. The van der Waals surface area contributed by atoms with Gasteiger partial charge in [-0.2, -0.15) is 0 Å². The monoisotopic (exact) mass is 261 g/mol. The van der Waals surface area contributed by atoms with Crippen LogP contribution >= 0.6 is 0 Å². The van der Waals surface area contributed by atoms with E-state index in [2.05, 4.69) is 43.4 Å². The molecule has 0 saturated heterocycles. The summed E-state index contributed by atoms with van der Waals surface area (Å²) < 4.78 is 5.81. The normalized spacial score (nSPS) is 15.1. The maximum Gasteiger partial charge on any atom is 0.0719 e. The molecule has 0 amide bonds. The Labute approximate surface area is 117 Å². The van der Waals surface area contributed by atoms with Gasteiger partial charge in [0.25, 0.3) is 0 Å². The van der Waals surface area contributed by atoms with Crippen molar-refractivity contribution in [2.24, 2.45) is 11.8 Å². The Balaban J connectivity index is 1.74. The summed E-state index contributed by atoms with van der Waals surface area (Å²) in [5, 5.41) is 3.50.